The normalized spacial score (nSPS) is 22.2. The summed E-state index contributed by atoms with van der Waals surface area (Å²) >= 11 is 0. The largest absolute Gasteiger partial charge is 0.382 e. The van der Waals surface area contributed by atoms with Crippen molar-refractivity contribution in [2.75, 3.05) is 25.3 Å². The first-order valence-corrected chi connectivity index (χ1v) is 10.5. The Morgan fingerprint density at radius 2 is 2.03 bits per heavy atom. The molecular weight excluding hydrogens is 407 g/mol. The minimum Gasteiger partial charge on any atom is -0.382 e. The van der Waals surface area contributed by atoms with E-state index in [-0.39, 0.29) is 30.9 Å². The van der Waals surface area contributed by atoms with Crippen molar-refractivity contribution in [1.82, 2.24) is 19.5 Å². The van der Waals surface area contributed by atoms with Crippen molar-refractivity contribution < 1.29 is 27.1 Å². The van der Waals surface area contributed by atoms with Gasteiger partial charge in [-0.3, -0.25) is 9.09 Å². The van der Waals surface area contributed by atoms with Crippen LogP contribution in [0, 0.1) is 11.6 Å². The van der Waals surface area contributed by atoms with Crippen LogP contribution in [0.25, 0.3) is 11.2 Å². The molecule has 9 nitrogen and oxygen atoms in total. The fourth-order valence-electron chi connectivity index (χ4n) is 3.03. The highest BCUT2D eigenvalue weighted by Gasteiger charge is 2.35. The number of nitrogen functional groups attached to an aromatic ring is 1. The van der Waals surface area contributed by atoms with Gasteiger partial charge in [0.25, 0.3) is 0 Å². The van der Waals surface area contributed by atoms with Gasteiger partial charge >= 0.3 is 7.60 Å². The molecule has 12 heteroatoms. The molecule has 0 bridgehead atoms. The van der Waals surface area contributed by atoms with Gasteiger partial charge in [-0.05, 0) is 17.7 Å². The van der Waals surface area contributed by atoms with Gasteiger partial charge in [0.1, 0.15) is 29.8 Å². The van der Waals surface area contributed by atoms with E-state index in [1.165, 1.54) is 6.33 Å². The smallest absolute Gasteiger partial charge is 0.356 e. The van der Waals surface area contributed by atoms with Crippen molar-refractivity contribution in [2.24, 2.45) is 0 Å². The Morgan fingerprint density at radius 1 is 1.24 bits per heavy atom. The van der Waals surface area contributed by atoms with Crippen LogP contribution in [-0.2, 0) is 24.9 Å². The summed E-state index contributed by atoms with van der Waals surface area (Å²) in [4.78, 5) is 12.2. The van der Waals surface area contributed by atoms with Crippen molar-refractivity contribution in [3.8, 4) is 0 Å². The molecule has 2 unspecified atom stereocenters. The SMILES string of the molecule is Nc1ncnc2c1ncn2CCOCP1(=O)OCCC(c2cc(F)cc(F)c2)O1. The molecule has 0 aliphatic carbocycles. The number of aromatic nitrogens is 4. The van der Waals surface area contributed by atoms with Crippen LogP contribution in [0.3, 0.4) is 0 Å². The zero-order valence-corrected chi connectivity index (χ0v) is 16.1. The maximum atomic E-state index is 13.4. The molecule has 3 aromatic rings. The second-order valence-corrected chi connectivity index (χ2v) is 8.39. The molecule has 3 heterocycles. The summed E-state index contributed by atoms with van der Waals surface area (Å²) in [6, 6.07) is 3.08. The van der Waals surface area contributed by atoms with E-state index in [4.69, 9.17) is 19.5 Å². The van der Waals surface area contributed by atoms with Gasteiger partial charge in [0.05, 0.1) is 25.6 Å². The number of hydrogen-bond donors (Lipinski definition) is 1. The lowest BCUT2D eigenvalue weighted by atomic mass is 10.1. The average Bonchev–Trinajstić information content (AvgIpc) is 3.09. The molecule has 29 heavy (non-hydrogen) atoms. The van der Waals surface area contributed by atoms with Gasteiger partial charge in [-0.25, -0.2) is 23.7 Å². The van der Waals surface area contributed by atoms with Gasteiger partial charge in [-0.15, -0.1) is 0 Å². The van der Waals surface area contributed by atoms with Crippen LogP contribution in [0.15, 0.2) is 30.9 Å². The molecule has 1 aliphatic rings. The van der Waals surface area contributed by atoms with Gasteiger partial charge < -0.3 is 19.6 Å². The van der Waals surface area contributed by atoms with Crippen LogP contribution in [0.4, 0.5) is 14.6 Å². The fourth-order valence-corrected chi connectivity index (χ4v) is 4.58. The maximum Gasteiger partial charge on any atom is 0.356 e. The van der Waals surface area contributed by atoms with E-state index >= 15 is 0 Å². The van der Waals surface area contributed by atoms with Crippen LogP contribution in [0.2, 0.25) is 0 Å². The Kier molecular flexibility index (Phi) is 5.55. The number of imidazole rings is 1. The van der Waals surface area contributed by atoms with Gasteiger partial charge in [0, 0.05) is 19.0 Å². The number of hydrogen-bond acceptors (Lipinski definition) is 8. The number of halogens is 2. The molecule has 1 aliphatic heterocycles. The number of fused-ring (bicyclic) bond motifs is 1. The summed E-state index contributed by atoms with van der Waals surface area (Å²) in [6.45, 7) is 0.697. The number of nitrogens with two attached hydrogens (primary N) is 1. The summed E-state index contributed by atoms with van der Waals surface area (Å²) in [5.41, 5.74) is 7.07. The third-order valence-electron chi connectivity index (χ3n) is 4.37. The van der Waals surface area contributed by atoms with Crippen LogP contribution < -0.4 is 5.73 Å². The highest BCUT2D eigenvalue weighted by Crippen LogP contribution is 2.56. The van der Waals surface area contributed by atoms with Crippen molar-refractivity contribution in [2.45, 2.75) is 19.1 Å². The lowest BCUT2D eigenvalue weighted by Crippen LogP contribution is -2.17. The molecule has 0 saturated carbocycles. The van der Waals surface area contributed by atoms with Crippen LogP contribution in [-0.4, -0.2) is 39.1 Å². The van der Waals surface area contributed by atoms with Gasteiger partial charge in [0.15, 0.2) is 11.5 Å². The van der Waals surface area contributed by atoms with Crippen molar-refractivity contribution in [3.05, 3.63) is 48.1 Å². The molecule has 2 aromatic heterocycles. The minimum absolute atomic E-state index is 0.131. The van der Waals surface area contributed by atoms with E-state index in [0.717, 1.165) is 18.2 Å². The van der Waals surface area contributed by atoms with Gasteiger partial charge in [-0.2, -0.15) is 0 Å². The predicted octanol–water partition coefficient (Wildman–Crippen LogP) is 3.03. The Hall–Kier alpha value is -2.46. The molecule has 1 aromatic carbocycles. The van der Waals surface area contributed by atoms with Crippen molar-refractivity contribution >= 4 is 24.6 Å². The van der Waals surface area contributed by atoms with Crippen molar-refractivity contribution in [3.63, 3.8) is 0 Å². The minimum atomic E-state index is -3.57. The first-order chi connectivity index (χ1) is 13.9. The number of rotatable bonds is 6. The molecule has 0 radical (unpaired) electrons. The molecule has 0 spiro atoms. The summed E-state index contributed by atoms with van der Waals surface area (Å²) in [6.07, 6.45) is 2.21. The van der Waals surface area contributed by atoms with Crippen LogP contribution in [0.5, 0.6) is 0 Å². The first-order valence-electron chi connectivity index (χ1n) is 8.80. The summed E-state index contributed by atoms with van der Waals surface area (Å²) in [5, 5.41) is 0. The van der Waals surface area contributed by atoms with Crippen LogP contribution >= 0.6 is 7.60 Å². The predicted molar refractivity (Wildman–Crippen MR) is 98.9 cm³/mol. The number of nitrogens with zero attached hydrogens (tertiary/aromatic N) is 4. The van der Waals surface area contributed by atoms with E-state index in [9.17, 15) is 13.3 Å². The highest BCUT2D eigenvalue weighted by molar-refractivity contribution is 7.53. The molecule has 154 valence electrons. The molecular formula is C17H18F2N5O4P. The van der Waals surface area contributed by atoms with E-state index in [1.54, 1.807) is 10.9 Å². The summed E-state index contributed by atoms with van der Waals surface area (Å²) in [7, 11) is -3.57. The molecule has 0 amide bonds. The summed E-state index contributed by atoms with van der Waals surface area (Å²) in [5.74, 6) is -1.17. The van der Waals surface area contributed by atoms with Crippen molar-refractivity contribution in [1.29, 1.82) is 0 Å². The number of benzene rings is 1. The van der Waals surface area contributed by atoms with Crippen LogP contribution in [0.1, 0.15) is 18.1 Å². The third-order valence-corrected chi connectivity index (χ3v) is 6.02. The number of ether oxygens (including phenoxy) is 1. The lowest BCUT2D eigenvalue weighted by Gasteiger charge is -2.29. The topological polar surface area (TPSA) is 114 Å². The lowest BCUT2D eigenvalue weighted by molar-refractivity contribution is 0.0560. The second kappa shape index (κ2) is 8.11. The fraction of sp³-hybridized carbons (Fsp3) is 0.353. The molecule has 1 saturated heterocycles. The van der Waals surface area contributed by atoms with E-state index < -0.39 is 25.3 Å². The Morgan fingerprint density at radius 3 is 2.83 bits per heavy atom. The monoisotopic (exact) mass is 425 g/mol. The molecule has 2 atom stereocenters. The highest BCUT2D eigenvalue weighted by atomic mass is 31.2. The zero-order valence-electron chi connectivity index (χ0n) is 15.2. The quantitative estimate of drug-likeness (QED) is 0.474. The average molecular weight is 425 g/mol. The third kappa shape index (κ3) is 4.43. The molecule has 2 N–H and O–H groups in total. The van der Waals surface area contributed by atoms with Gasteiger partial charge in [0.2, 0.25) is 0 Å². The Labute approximate surface area is 164 Å². The maximum absolute atomic E-state index is 13.4. The van der Waals surface area contributed by atoms with E-state index in [0.29, 0.717) is 24.1 Å². The second-order valence-electron chi connectivity index (χ2n) is 6.44. The summed E-state index contributed by atoms with van der Waals surface area (Å²) < 4.78 is 57.7. The number of anilines is 1. The first kappa shape index (κ1) is 19.8. The van der Waals surface area contributed by atoms with E-state index in [2.05, 4.69) is 15.0 Å². The molecule has 1 fully saturated rings. The Bertz CT molecular complexity index is 1060. The van der Waals surface area contributed by atoms with Gasteiger partial charge in [-0.1, -0.05) is 0 Å². The standard InChI is InChI=1S/C17H18F2N5O4P/c18-12-5-11(6-13(19)7-12)14-1-3-27-29(25,28-14)10-26-4-2-24-9-23-15-16(20)21-8-22-17(15)24/h5-9,14H,1-4,10H2,(H2,20,21,22). The zero-order chi connectivity index (χ0) is 20.4. The van der Waals surface area contributed by atoms with E-state index in [1.807, 2.05) is 0 Å². The Balaban J connectivity index is 1.35. The molecule has 4 rings (SSSR count).